The van der Waals surface area contributed by atoms with Gasteiger partial charge in [-0.05, 0) is 24.3 Å². The third-order valence-electron chi connectivity index (χ3n) is 3.50. The predicted octanol–water partition coefficient (Wildman–Crippen LogP) is -0.127. The van der Waals surface area contributed by atoms with Crippen molar-refractivity contribution in [2.24, 2.45) is 5.73 Å². The molecule has 0 saturated carbocycles. The molecule has 1 heterocycles. The second-order valence-corrected chi connectivity index (χ2v) is 7.48. The molecule has 116 valence electrons. The maximum absolute atomic E-state index is 12.3. The quantitative estimate of drug-likeness (QED) is 0.784. The number of hydrogen-bond donors (Lipinski definition) is 2. The minimum atomic E-state index is -3.40. The highest BCUT2D eigenvalue weighted by Crippen LogP contribution is 2.16. The zero-order valence-corrected chi connectivity index (χ0v) is 13.0. The summed E-state index contributed by atoms with van der Waals surface area (Å²) < 4.78 is 24.5. The lowest BCUT2D eigenvalue weighted by Crippen LogP contribution is -2.57. The maximum Gasteiger partial charge on any atom is 0.236 e. The summed E-state index contributed by atoms with van der Waals surface area (Å²) in [6.45, 7) is 2.05. The van der Waals surface area contributed by atoms with Crippen molar-refractivity contribution in [3.63, 3.8) is 0 Å². The Morgan fingerprint density at radius 3 is 2.67 bits per heavy atom. The first kappa shape index (κ1) is 16.2. The molecule has 1 aliphatic heterocycles. The molecule has 21 heavy (non-hydrogen) atoms. The van der Waals surface area contributed by atoms with Gasteiger partial charge in [-0.3, -0.25) is 9.69 Å². The third kappa shape index (κ3) is 4.16. The molecular weight excluding hydrogens is 314 g/mol. The molecule has 1 atom stereocenters. The smallest absolute Gasteiger partial charge is 0.236 e. The molecule has 6 nitrogen and oxygen atoms in total. The number of nitrogens with one attached hydrogen (secondary N) is 1. The fourth-order valence-corrected chi connectivity index (χ4v) is 3.68. The molecule has 1 aromatic rings. The average Bonchev–Trinajstić information content (AvgIpc) is 2.46. The van der Waals surface area contributed by atoms with E-state index in [9.17, 15) is 13.2 Å². The van der Waals surface area contributed by atoms with E-state index in [0.717, 1.165) is 0 Å². The molecule has 1 unspecified atom stereocenters. The Morgan fingerprint density at radius 2 is 2.05 bits per heavy atom. The van der Waals surface area contributed by atoms with Crippen molar-refractivity contribution in [2.45, 2.75) is 10.9 Å². The van der Waals surface area contributed by atoms with Crippen molar-refractivity contribution < 1.29 is 13.2 Å². The Balaban J connectivity index is 2.03. The summed E-state index contributed by atoms with van der Waals surface area (Å²) in [4.78, 5) is 13.4. The zero-order valence-electron chi connectivity index (χ0n) is 11.5. The Morgan fingerprint density at radius 1 is 1.38 bits per heavy atom. The molecule has 0 bridgehead atoms. The highest BCUT2D eigenvalue weighted by atomic mass is 35.5. The Labute approximate surface area is 129 Å². The topological polar surface area (TPSA) is 92.5 Å². The fourth-order valence-electron chi connectivity index (χ4n) is 2.29. The number of hydrogen-bond acceptors (Lipinski definition) is 5. The van der Waals surface area contributed by atoms with Crippen LogP contribution in [0.4, 0.5) is 0 Å². The third-order valence-corrected chi connectivity index (χ3v) is 5.47. The lowest BCUT2D eigenvalue weighted by atomic mass is 10.2. The number of nitrogens with zero attached hydrogens (tertiary/aromatic N) is 1. The van der Waals surface area contributed by atoms with Gasteiger partial charge >= 0.3 is 0 Å². The first-order chi connectivity index (χ1) is 9.90. The van der Waals surface area contributed by atoms with Crippen LogP contribution in [0.5, 0.6) is 0 Å². The molecule has 1 aromatic carbocycles. The largest absolute Gasteiger partial charge is 0.368 e. The number of halogens is 1. The number of nitrogens with two attached hydrogens (primary N) is 1. The maximum atomic E-state index is 12.3. The van der Waals surface area contributed by atoms with Crippen LogP contribution in [0.25, 0.3) is 0 Å². The van der Waals surface area contributed by atoms with Crippen LogP contribution in [-0.4, -0.2) is 57.2 Å². The van der Waals surface area contributed by atoms with E-state index in [1.807, 2.05) is 4.90 Å². The van der Waals surface area contributed by atoms with E-state index >= 15 is 0 Å². The highest BCUT2D eigenvalue weighted by Gasteiger charge is 2.28. The molecule has 2 rings (SSSR count). The van der Waals surface area contributed by atoms with Crippen LogP contribution in [0.1, 0.15) is 0 Å². The minimum Gasteiger partial charge on any atom is -0.368 e. The number of carbonyl (C=O) groups is 1. The molecule has 3 N–H and O–H groups in total. The van der Waals surface area contributed by atoms with Crippen molar-refractivity contribution in [1.82, 2.24) is 10.2 Å². The number of piperazine rings is 1. The standard InChI is InChI=1S/C13H18ClN3O3S/c14-10-1-3-11(4-2-10)21(19,20)8-7-17-6-5-16-9-12(17)13(15)18/h1-4,12,16H,5-9H2,(H2,15,18). The summed E-state index contributed by atoms with van der Waals surface area (Å²) >= 11 is 5.75. The van der Waals surface area contributed by atoms with Crippen LogP contribution in [-0.2, 0) is 14.6 Å². The van der Waals surface area contributed by atoms with Crippen molar-refractivity contribution in [1.29, 1.82) is 0 Å². The molecule has 0 spiro atoms. The van der Waals surface area contributed by atoms with E-state index < -0.39 is 21.8 Å². The monoisotopic (exact) mass is 331 g/mol. The van der Waals surface area contributed by atoms with Gasteiger partial charge in [0, 0.05) is 31.2 Å². The molecule has 0 aromatic heterocycles. The Hall–Kier alpha value is -1.15. The van der Waals surface area contributed by atoms with Gasteiger partial charge in [-0.2, -0.15) is 0 Å². The van der Waals surface area contributed by atoms with Crippen molar-refractivity contribution in [2.75, 3.05) is 31.9 Å². The molecule has 1 saturated heterocycles. The number of benzene rings is 1. The molecule has 1 fully saturated rings. The van der Waals surface area contributed by atoms with E-state index in [1.54, 1.807) is 12.1 Å². The van der Waals surface area contributed by atoms with Crippen LogP contribution in [0.15, 0.2) is 29.2 Å². The predicted molar refractivity (Wildman–Crippen MR) is 80.9 cm³/mol. The Kier molecular flexibility index (Phi) is 5.21. The van der Waals surface area contributed by atoms with Crippen molar-refractivity contribution >= 4 is 27.3 Å². The van der Waals surface area contributed by atoms with Gasteiger partial charge in [0.25, 0.3) is 0 Å². The first-order valence-electron chi connectivity index (χ1n) is 6.62. The van der Waals surface area contributed by atoms with Crippen LogP contribution < -0.4 is 11.1 Å². The number of amides is 1. The van der Waals surface area contributed by atoms with Gasteiger partial charge in [-0.25, -0.2) is 8.42 Å². The summed E-state index contributed by atoms with van der Waals surface area (Å²) in [5.74, 6) is -0.496. The zero-order chi connectivity index (χ0) is 15.5. The van der Waals surface area contributed by atoms with Gasteiger partial charge in [-0.15, -0.1) is 0 Å². The van der Waals surface area contributed by atoms with E-state index in [0.29, 0.717) is 24.7 Å². The Bertz CT molecular complexity index is 604. The number of primary amides is 1. The number of rotatable bonds is 5. The summed E-state index contributed by atoms with van der Waals surface area (Å²) in [7, 11) is -3.40. The molecule has 0 radical (unpaired) electrons. The summed E-state index contributed by atoms with van der Waals surface area (Å²) in [6, 6.07) is 5.61. The van der Waals surface area contributed by atoms with E-state index in [-0.39, 0.29) is 17.2 Å². The lowest BCUT2D eigenvalue weighted by molar-refractivity contribution is -0.123. The van der Waals surface area contributed by atoms with Crippen LogP contribution in [0.2, 0.25) is 5.02 Å². The molecule has 0 aliphatic carbocycles. The van der Waals surface area contributed by atoms with E-state index in [2.05, 4.69) is 5.32 Å². The van der Waals surface area contributed by atoms with Crippen molar-refractivity contribution in [3.05, 3.63) is 29.3 Å². The van der Waals surface area contributed by atoms with Gasteiger partial charge in [0.05, 0.1) is 10.6 Å². The summed E-state index contributed by atoms with van der Waals surface area (Å²) in [5.41, 5.74) is 5.34. The summed E-state index contributed by atoms with van der Waals surface area (Å²) in [6.07, 6.45) is 0. The van der Waals surface area contributed by atoms with E-state index in [4.69, 9.17) is 17.3 Å². The fraction of sp³-hybridized carbons (Fsp3) is 0.462. The summed E-state index contributed by atoms with van der Waals surface area (Å²) in [5, 5.41) is 3.57. The second kappa shape index (κ2) is 6.74. The normalized spacial score (nSPS) is 20.3. The number of sulfone groups is 1. The van der Waals surface area contributed by atoms with E-state index in [1.165, 1.54) is 12.1 Å². The molecule has 8 heteroatoms. The van der Waals surface area contributed by atoms with Crippen LogP contribution in [0.3, 0.4) is 0 Å². The highest BCUT2D eigenvalue weighted by molar-refractivity contribution is 7.91. The van der Waals surface area contributed by atoms with Gasteiger partial charge in [0.1, 0.15) is 6.04 Å². The average molecular weight is 332 g/mol. The van der Waals surface area contributed by atoms with Gasteiger partial charge in [0.2, 0.25) is 5.91 Å². The first-order valence-corrected chi connectivity index (χ1v) is 8.65. The van der Waals surface area contributed by atoms with Gasteiger partial charge < -0.3 is 11.1 Å². The second-order valence-electron chi connectivity index (χ2n) is 4.93. The molecule has 1 amide bonds. The van der Waals surface area contributed by atoms with Crippen LogP contribution >= 0.6 is 11.6 Å². The van der Waals surface area contributed by atoms with Gasteiger partial charge in [0.15, 0.2) is 9.84 Å². The SMILES string of the molecule is NC(=O)C1CNCCN1CCS(=O)(=O)c1ccc(Cl)cc1. The minimum absolute atomic E-state index is 0.0571. The van der Waals surface area contributed by atoms with Gasteiger partial charge in [-0.1, -0.05) is 11.6 Å². The number of carbonyl (C=O) groups excluding carboxylic acids is 1. The van der Waals surface area contributed by atoms with Crippen molar-refractivity contribution in [3.8, 4) is 0 Å². The van der Waals surface area contributed by atoms with Crippen LogP contribution in [0, 0.1) is 0 Å². The molecule has 1 aliphatic rings. The molecular formula is C13H18ClN3O3S. The lowest BCUT2D eigenvalue weighted by Gasteiger charge is -2.33.